The van der Waals surface area contributed by atoms with Crippen molar-refractivity contribution >= 4 is 33.0 Å². The van der Waals surface area contributed by atoms with Crippen LogP contribution >= 0.6 is 0 Å². The number of aromatic nitrogens is 1. The molecule has 31 heavy (non-hydrogen) atoms. The molecule has 8 heteroatoms. The second-order valence-corrected chi connectivity index (χ2v) is 8.66. The Morgan fingerprint density at radius 2 is 1.74 bits per heavy atom. The first kappa shape index (κ1) is 20.5. The molecule has 4 rings (SSSR count). The third kappa shape index (κ3) is 4.40. The molecule has 4 aromatic rings. The van der Waals surface area contributed by atoms with E-state index in [1.54, 1.807) is 12.3 Å². The fourth-order valence-electron chi connectivity index (χ4n) is 3.30. The molecule has 1 heterocycles. The highest BCUT2D eigenvalue weighted by Crippen LogP contribution is 2.33. The molecule has 0 radical (unpaired) electrons. The van der Waals surface area contributed by atoms with Crippen LogP contribution in [-0.4, -0.2) is 25.5 Å². The van der Waals surface area contributed by atoms with Crippen molar-refractivity contribution in [2.24, 2.45) is 10.2 Å². The van der Waals surface area contributed by atoms with E-state index in [-0.39, 0.29) is 10.6 Å². The number of nitrogens with zero attached hydrogens (tertiary/aromatic N) is 1. The van der Waals surface area contributed by atoms with Crippen molar-refractivity contribution in [3.8, 4) is 11.1 Å². The highest BCUT2D eigenvalue weighted by molar-refractivity contribution is 7.89. The summed E-state index contributed by atoms with van der Waals surface area (Å²) in [5.41, 5.74) is 6.73. The van der Waals surface area contributed by atoms with Gasteiger partial charge in [0.05, 0.1) is 11.1 Å². The summed E-state index contributed by atoms with van der Waals surface area (Å²) >= 11 is 0. The molecule has 0 unspecified atom stereocenters. The number of primary sulfonamides is 1. The smallest absolute Gasteiger partial charge is 0.288 e. The number of fused-ring (bicyclic) bond motifs is 1. The van der Waals surface area contributed by atoms with E-state index in [9.17, 15) is 13.2 Å². The molecule has 1 aromatic heterocycles. The van der Waals surface area contributed by atoms with Crippen molar-refractivity contribution in [3.05, 3.63) is 89.6 Å². The number of nitrogens with one attached hydrogen (secondary N) is 2. The second kappa shape index (κ2) is 8.17. The molecule has 156 valence electrons. The van der Waals surface area contributed by atoms with Crippen molar-refractivity contribution in [3.63, 3.8) is 0 Å². The SMILES string of the molecule is Cc1ccc(/C=N/NC(=O)c2[nH]c3ccc(S(N)(=O)=O)cc3c2-c2ccccc2)cc1. The average molecular weight is 433 g/mol. The lowest BCUT2D eigenvalue weighted by molar-refractivity contribution is 0.0951. The van der Waals surface area contributed by atoms with Gasteiger partial charge in [-0.1, -0.05) is 60.2 Å². The number of hydrogen-bond donors (Lipinski definition) is 3. The first-order valence-electron chi connectivity index (χ1n) is 9.47. The fraction of sp³-hybridized carbons (Fsp3) is 0.0435. The Balaban J connectivity index is 1.75. The predicted octanol–water partition coefficient (Wildman–Crippen LogP) is 3.55. The molecule has 7 nitrogen and oxygen atoms in total. The minimum atomic E-state index is -3.89. The number of rotatable bonds is 5. The van der Waals surface area contributed by atoms with Gasteiger partial charge >= 0.3 is 0 Å². The monoisotopic (exact) mass is 432 g/mol. The number of sulfonamides is 1. The van der Waals surface area contributed by atoms with E-state index in [1.807, 2.05) is 61.5 Å². The van der Waals surface area contributed by atoms with E-state index < -0.39 is 15.9 Å². The number of hydrogen-bond acceptors (Lipinski definition) is 4. The zero-order chi connectivity index (χ0) is 22.0. The number of H-pyrrole nitrogens is 1. The Morgan fingerprint density at radius 3 is 2.42 bits per heavy atom. The minimum absolute atomic E-state index is 0.0273. The normalized spacial score (nSPS) is 11.8. The summed E-state index contributed by atoms with van der Waals surface area (Å²) in [4.78, 5) is 16.0. The van der Waals surface area contributed by atoms with E-state index in [4.69, 9.17) is 5.14 Å². The van der Waals surface area contributed by atoms with Gasteiger partial charge in [0.15, 0.2) is 0 Å². The summed E-state index contributed by atoms with van der Waals surface area (Å²) in [6, 6.07) is 21.4. The van der Waals surface area contributed by atoms with Gasteiger partial charge in [-0.25, -0.2) is 19.0 Å². The van der Waals surface area contributed by atoms with Gasteiger partial charge in [-0.3, -0.25) is 4.79 Å². The van der Waals surface area contributed by atoms with Gasteiger partial charge in [0.1, 0.15) is 5.69 Å². The van der Waals surface area contributed by atoms with Crippen LogP contribution in [0.1, 0.15) is 21.6 Å². The molecule has 0 bridgehead atoms. The van der Waals surface area contributed by atoms with Crippen molar-refractivity contribution < 1.29 is 13.2 Å². The zero-order valence-corrected chi connectivity index (χ0v) is 17.5. The number of aromatic amines is 1. The second-order valence-electron chi connectivity index (χ2n) is 7.10. The Morgan fingerprint density at radius 1 is 1.03 bits per heavy atom. The van der Waals surface area contributed by atoms with Crippen LogP contribution in [0.3, 0.4) is 0 Å². The van der Waals surface area contributed by atoms with Gasteiger partial charge < -0.3 is 4.98 Å². The summed E-state index contributed by atoms with van der Waals surface area (Å²) < 4.78 is 23.7. The Hall–Kier alpha value is -3.75. The zero-order valence-electron chi connectivity index (χ0n) is 16.7. The Kier molecular flexibility index (Phi) is 5.41. The van der Waals surface area contributed by atoms with Gasteiger partial charge in [-0.05, 0) is 36.2 Å². The molecule has 0 aliphatic rings. The lowest BCUT2D eigenvalue weighted by atomic mass is 10.0. The van der Waals surface area contributed by atoms with Crippen LogP contribution in [0.25, 0.3) is 22.0 Å². The molecule has 3 aromatic carbocycles. The van der Waals surface area contributed by atoms with Gasteiger partial charge in [-0.15, -0.1) is 0 Å². The largest absolute Gasteiger partial charge is 0.350 e. The first-order chi connectivity index (χ1) is 14.8. The number of carbonyl (C=O) groups excluding carboxylic acids is 1. The summed E-state index contributed by atoms with van der Waals surface area (Å²) in [5.74, 6) is -0.449. The maximum absolute atomic E-state index is 12.9. The summed E-state index contributed by atoms with van der Waals surface area (Å²) in [6.07, 6.45) is 1.56. The van der Waals surface area contributed by atoms with E-state index in [2.05, 4.69) is 15.5 Å². The van der Waals surface area contributed by atoms with E-state index in [1.165, 1.54) is 12.1 Å². The average Bonchev–Trinajstić information content (AvgIpc) is 3.14. The maximum atomic E-state index is 12.9. The molecule has 0 fully saturated rings. The highest BCUT2D eigenvalue weighted by Gasteiger charge is 2.20. The van der Waals surface area contributed by atoms with Gasteiger partial charge in [0, 0.05) is 16.5 Å². The van der Waals surface area contributed by atoms with Crippen LogP contribution in [-0.2, 0) is 10.0 Å². The van der Waals surface area contributed by atoms with Crippen LogP contribution in [0, 0.1) is 6.92 Å². The van der Waals surface area contributed by atoms with Crippen LogP contribution in [0.4, 0.5) is 0 Å². The Bertz CT molecular complexity index is 1390. The number of carbonyl (C=O) groups is 1. The van der Waals surface area contributed by atoms with Crippen LogP contribution < -0.4 is 10.6 Å². The van der Waals surface area contributed by atoms with Crippen molar-refractivity contribution in [1.29, 1.82) is 0 Å². The van der Waals surface area contributed by atoms with Gasteiger partial charge in [-0.2, -0.15) is 5.10 Å². The predicted molar refractivity (Wildman–Crippen MR) is 121 cm³/mol. The molecule has 1 amide bonds. The number of aryl methyl sites for hydroxylation is 1. The standard InChI is InChI=1S/C23H20N4O3S/c1-15-7-9-16(10-8-15)14-25-27-23(28)22-21(17-5-3-2-4-6-17)19-13-18(31(24,29)30)11-12-20(19)26-22/h2-14,26H,1H3,(H,27,28)(H2,24,29,30)/b25-14+. The topological polar surface area (TPSA) is 117 Å². The molecule has 0 aliphatic carbocycles. The third-order valence-electron chi connectivity index (χ3n) is 4.85. The van der Waals surface area contributed by atoms with Gasteiger partial charge in [0.25, 0.3) is 5.91 Å². The van der Waals surface area contributed by atoms with Crippen molar-refractivity contribution in [2.45, 2.75) is 11.8 Å². The van der Waals surface area contributed by atoms with Crippen LogP contribution in [0.15, 0.2) is 82.8 Å². The number of nitrogens with two attached hydrogens (primary N) is 1. The molecular formula is C23H20N4O3S. The minimum Gasteiger partial charge on any atom is -0.350 e. The number of benzene rings is 3. The molecule has 0 spiro atoms. The molecule has 0 atom stereocenters. The van der Waals surface area contributed by atoms with Crippen molar-refractivity contribution in [1.82, 2.24) is 10.4 Å². The van der Waals surface area contributed by atoms with E-state index >= 15 is 0 Å². The van der Waals surface area contributed by atoms with Crippen molar-refractivity contribution in [2.75, 3.05) is 0 Å². The lowest BCUT2D eigenvalue weighted by Gasteiger charge is -2.05. The molecule has 0 saturated heterocycles. The summed E-state index contributed by atoms with van der Waals surface area (Å²) in [7, 11) is -3.89. The lowest BCUT2D eigenvalue weighted by Crippen LogP contribution is -2.18. The fourth-order valence-corrected chi connectivity index (χ4v) is 3.84. The molecule has 4 N–H and O–H groups in total. The molecular weight excluding hydrogens is 412 g/mol. The summed E-state index contributed by atoms with van der Waals surface area (Å²) in [5, 5.41) is 9.92. The Labute approximate surface area is 179 Å². The van der Waals surface area contributed by atoms with Gasteiger partial charge in [0.2, 0.25) is 10.0 Å². The van der Waals surface area contributed by atoms with Crippen LogP contribution in [0.5, 0.6) is 0 Å². The molecule has 0 saturated carbocycles. The number of amides is 1. The van der Waals surface area contributed by atoms with E-state index in [0.29, 0.717) is 16.5 Å². The van der Waals surface area contributed by atoms with E-state index in [0.717, 1.165) is 16.7 Å². The van der Waals surface area contributed by atoms with Crippen LogP contribution in [0.2, 0.25) is 0 Å². The third-order valence-corrected chi connectivity index (χ3v) is 5.76. The quantitative estimate of drug-likeness (QED) is 0.331. The summed E-state index contributed by atoms with van der Waals surface area (Å²) in [6.45, 7) is 1.99. The first-order valence-corrected chi connectivity index (χ1v) is 11.0. The molecule has 0 aliphatic heterocycles. The maximum Gasteiger partial charge on any atom is 0.288 e. The number of hydrazone groups is 1. The highest BCUT2D eigenvalue weighted by atomic mass is 32.2.